The molecule has 0 aliphatic carbocycles. The molecule has 0 N–H and O–H groups in total. The van der Waals surface area contributed by atoms with Crippen LogP contribution in [-0.4, -0.2) is 13.1 Å². The molecule has 0 rings (SSSR count). The van der Waals surface area contributed by atoms with E-state index in [0.717, 1.165) is 12.8 Å². The maximum absolute atomic E-state index is 10.4. The van der Waals surface area contributed by atoms with E-state index in [1.807, 2.05) is 0 Å². The number of esters is 1. The molecular weight excluding hydrogens is 181 g/mol. The summed E-state index contributed by atoms with van der Waals surface area (Å²) in [6.07, 6.45) is 4.80. The van der Waals surface area contributed by atoms with Crippen LogP contribution in [0, 0.1) is 6.92 Å². The van der Waals surface area contributed by atoms with Crippen LogP contribution in [0.5, 0.6) is 0 Å². The molecule has 0 unspecified atom stereocenters. The van der Waals surface area contributed by atoms with E-state index >= 15 is 0 Å². The van der Waals surface area contributed by atoms with Crippen LogP contribution in [-0.2, 0) is 29.0 Å². The molecule has 2 nitrogen and oxygen atoms in total. The number of carbonyl (C=O) groups excluding carboxylic acids is 1. The molecule has 0 saturated carbocycles. The molecule has 0 aliphatic heterocycles. The number of hydrogen-bond acceptors (Lipinski definition) is 2. The topological polar surface area (TPSA) is 26.3 Å². The van der Waals surface area contributed by atoms with E-state index in [0.29, 0.717) is 0 Å². The van der Waals surface area contributed by atoms with E-state index in [2.05, 4.69) is 11.7 Å². The molecule has 0 atom stereocenters. The number of rotatable bonds is 3. The number of hydrogen-bond donors (Lipinski definition) is 0. The molecular formula is C7H11O2Zn-. The van der Waals surface area contributed by atoms with E-state index in [4.69, 9.17) is 0 Å². The Balaban J connectivity index is 0. The number of carbonyl (C=O) groups is 1. The Morgan fingerprint density at radius 1 is 1.70 bits per heavy atom. The smallest absolute Gasteiger partial charge is 0.330 e. The van der Waals surface area contributed by atoms with Gasteiger partial charge in [-0.05, 0) is 0 Å². The van der Waals surface area contributed by atoms with Crippen molar-refractivity contribution in [3.63, 3.8) is 0 Å². The van der Waals surface area contributed by atoms with Crippen LogP contribution < -0.4 is 0 Å². The summed E-state index contributed by atoms with van der Waals surface area (Å²) in [5.74, 6) is -0.302. The molecule has 0 fully saturated rings. The molecule has 10 heavy (non-hydrogen) atoms. The van der Waals surface area contributed by atoms with Crippen LogP contribution in [0.2, 0.25) is 0 Å². The monoisotopic (exact) mass is 191 g/mol. The number of ether oxygens (including phenoxy) is 1. The molecule has 0 spiro atoms. The molecule has 0 heterocycles. The van der Waals surface area contributed by atoms with Crippen molar-refractivity contribution in [2.75, 3.05) is 7.11 Å². The summed E-state index contributed by atoms with van der Waals surface area (Å²) in [5.41, 5.74) is 0. The molecule has 0 aromatic rings. The normalized spacial score (nSPS) is 9.00. The maximum Gasteiger partial charge on any atom is 0.330 e. The molecule has 0 radical (unpaired) electrons. The Morgan fingerprint density at radius 2 is 2.30 bits per heavy atom. The zero-order valence-corrected chi connectivity index (χ0v) is 9.27. The van der Waals surface area contributed by atoms with E-state index in [9.17, 15) is 4.79 Å². The summed E-state index contributed by atoms with van der Waals surface area (Å²) in [4.78, 5) is 10.4. The van der Waals surface area contributed by atoms with Gasteiger partial charge in [0.2, 0.25) is 0 Å². The first-order valence-corrected chi connectivity index (χ1v) is 2.85. The second-order valence-electron chi connectivity index (χ2n) is 1.57. The quantitative estimate of drug-likeness (QED) is 0.292. The number of methoxy groups -OCH3 is 1. The summed E-state index contributed by atoms with van der Waals surface area (Å²) in [7, 11) is 1.36. The van der Waals surface area contributed by atoms with Gasteiger partial charge in [-0.1, -0.05) is 12.5 Å². The molecule has 54 valence electrons. The SMILES string of the molecule is [CH2-]CC/C=C/C(=O)OC.[Zn]. The van der Waals surface area contributed by atoms with Crippen molar-refractivity contribution in [3.8, 4) is 0 Å². The summed E-state index contributed by atoms with van der Waals surface area (Å²) in [6, 6.07) is 0. The fourth-order valence-corrected chi connectivity index (χ4v) is 0.365. The van der Waals surface area contributed by atoms with Gasteiger partial charge in [0, 0.05) is 25.6 Å². The van der Waals surface area contributed by atoms with Gasteiger partial charge in [-0.15, -0.1) is 0 Å². The van der Waals surface area contributed by atoms with Gasteiger partial charge in [-0.25, -0.2) is 4.79 Å². The van der Waals surface area contributed by atoms with Gasteiger partial charge >= 0.3 is 5.97 Å². The van der Waals surface area contributed by atoms with Crippen LogP contribution in [0.15, 0.2) is 12.2 Å². The minimum atomic E-state index is -0.302. The Kier molecular flexibility index (Phi) is 11.0. The van der Waals surface area contributed by atoms with Gasteiger partial charge in [-0.3, -0.25) is 0 Å². The van der Waals surface area contributed by atoms with Crippen molar-refractivity contribution in [1.29, 1.82) is 0 Å². The first-order valence-electron chi connectivity index (χ1n) is 2.85. The average molecular weight is 193 g/mol. The van der Waals surface area contributed by atoms with Crippen molar-refractivity contribution in [2.45, 2.75) is 12.8 Å². The van der Waals surface area contributed by atoms with Crippen LogP contribution in [0.25, 0.3) is 0 Å². The van der Waals surface area contributed by atoms with Crippen molar-refractivity contribution < 1.29 is 29.0 Å². The Labute approximate surface area is 74.4 Å². The third kappa shape index (κ3) is 7.83. The molecule has 3 heteroatoms. The predicted octanol–water partition coefficient (Wildman–Crippen LogP) is 1.33. The molecule has 0 aromatic heterocycles. The van der Waals surface area contributed by atoms with Crippen LogP contribution in [0.3, 0.4) is 0 Å². The van der Waals surface area contributed by atoms with Gasteiger partial charge in [-0.2, -0.15) is 6.42 Å². The van der Waals surface area contributed by atoms with Crippen LogP contribution in [0.1, 0.15) is 12.8 Å². The maximum atomic E-state index is 10.4. The number of allylic oxidation sites excluding steroid dienone is 1. The Morgan fingerprint density at radius 3 is 2.70 bits per heavy atom. The van der Waals surface area contributed by atoms with E-state index in [-0.39, 0.29) is 25.4 Å². The zero-order valence-electron chi connectivity index (χ0n) is 6.30. The van der Waals surface area contributed by atoms with Gasteiger partial charge in [0.1, 0.15) is 0 Å². The van der Waals surface area contributed by atoms with Crippen molar-refractivity contribution in [1.82, 2.24) is 0 Å². The summed E-state index contributed by atoms with van der Waals surface area (Å²) in [5, 5.41) is 0. The standard InChI is InChI=1S/C7H11O2.Zn/c1-3-4-5-6-7(8)9-2;/h5-6H,1,3-4H2,2H3;/q-1;/b6-5+;. The first-order chi connectivity index (χ1) is 4.31. The zero-order chi connectivity index (χ0) is 7.11. The minimum absolute atomic E-state index is 0. The fraction of sp³-hybridized carbons (Fsp3) is 0.429. The average Bonchev–Trinajstić information content (AvgIpc) is 1.89. The Bertz CT molecular complexity index is 110. The summed E-state index contributed by atoms with van der Waals surface area (Å²) < 4.78 is 4.35. The summed E-state index contributed by atoms with van der Waals surface area (Å²) >= 11 is 0. The molecule has 0 bridgehead atoms. The summed E-state index contributed by atoms with van der Waals surface area (Å²) in [6.45, 7) is 3.60. The molecule has 0 amide bonds. The van der Waals surface area contributed by atoms with E-state index in [1.54, 1.807) is 6.08 Å². The molecule has 0 aliphatic rings. The Hall–Kier alpha value is -0.167. The minimum Gasteiger partial charge on any atom is -0.466 e. The fourth-order valence-electron chi connectivity index (χ4n) is 0.365. The van der Waals surface area contributed by atoms with Crippen molar-refractivity contribution >= 4 is 5.97 Å². The van der Waals surface area contributed by atoms with Gasteiger partial charge < -0.3 is 11.7 Å². The van der Waals surface area contributed by atoms with E-state index < -0.39 is 0 Å². The van der Waals surface area contributed by atoms with Crippen LogP contribution >= 0.6 is 0 Å². The van der Waals surface area contributed by atoms with Crippen molar-refractivity contribution in [3.05, 3.63) is 19.1 Å². The van der Waals surface area contributed by atoms with Gasteiger partial charge in [0.25, 0.3) is 0 Å². The third-order valence-electron chi connectivity index (χ3n) is 0.826. The second kappa shape index (κ2) is 8.83. The predicted molar refractivity (Wildman–Crippen MR) is 35.7 cm³/mol. The van der Waals surface area contributed by atoms with Crippen molar-refractivity contribution in [2.24, 2.45) is 0 Å². The molecule has 0 aromatic carbocycles. The third-order valence-corrected chi connectivity index (χ3v) is 0.826. The first kappa shape index (κ1) is 12.5. The number of unbranched alkanes of at least 4 members (excludes halogenated alkanes) is 1. The van der Waals surface area contributed by atoms with E-state index in [1.165, 1.54) is 13.2 Å². The molecule has 0 saturated heterocycles. The van der Waals surface area contributed by atoms with Crippen LogP contribution in [0.4, 0.5) is 0 Å². The second-order valence-corrected chi connectivity index (χ2v) is 1.57. The van der Waals surface area contributed by atoms with Gasteiger partial charge in [0.05, 0.1) is 7.11 Å². The van der Waals surface area contributed by atoms with Gasteiger partial charge in [0.15, 0.2) is 0 Å². The largest absolute Gasteiger partial charge is 0.466 e.